The van der Waals surface area contributed by atoms with Crippen molar-refractivity contribution >= 4 is 11.6 Å². The molecule has 0 radical (unpaired) electrons. The summed E-state index contributed by atoms with van der Waals surface area (Å²) in [6.45, 7) is 8.15. The Morgan fingerprint density at radius 3 is 2.47 bits per heavy atom. The molecule has 0 N–H and O–H groups in total. The van der Waals surface area contributed by atoms with Gasteiger partial charge in [-0.3, -0.25) is 9.59 Å². The van der Waals surface area contributed by atoms with Gasteiger partial charge in [0.25, 0.3) is 0 Å². The van der Waals surface area contributed by atoms with Crippen LogP contribution in [0, 0.1) is 34.4 Å². The number of hydrogen-bond donors (Lipinski definition) is 0. The van der Waals surface area contributed by atoms with Crippen LogP contribution in [-0.2, 0) is 24.8 Å². The summed E-state index contributed by atoms with van der Waals surface area (Å²) in [5.74, 6) is 0.310. The van der Waals surface area contributed by atoms with Crippen LogP contribution in [0.15, 0.2) is 35.9 Å². The van der Waals surface area contributed by atoms with E-state index in [-0.39, 0.29) is 34.3 Å². The van der Waals surface area contributed by atoms with Gasteiger partial charge in [-0.15, -0.1) is 0 Å². The van der Waals surface area contributed by atoms with E-state index in [1.165, 1.54) is 17.7 Å². The van der Waals surface area contributed by atoms with Crippen molar-refractivity contribution in [3.63, 3.8) is 0 Å². The van der Waals surface area contributed by atoms with Gasteiger partial charge in [0.15, 0.2) is 23.0 Å². The molecule has 34 heavy (non-hydrogen) atoms. The Morgan fingerprint density at radius 1 is 1.03 bits per heavy atom. The van der Waals surface area contributed by atoms with E-state index in [1.54, 1.807) is 19.1 Å². The highest BCUT2D eigenvalue weighted by atomic mass is 19.1. The van der Waals surface area contributed by atoms with Gasteiger partial charge in [-0.05, 0) is 93.7 Å². The highest BCUT2D eigenvalue weighted by Gasteiger charge is 2.75. The Balaban J connectivity index is 1.37. The Bertz CT molecular complexity index is 1090. The Morgan fingerprint density at radius 2 is 1.76 bits per heavy atom. The van der Waals surface area contributed by atoms with Crippen molar-refractivity contribution in [3.05, 3.63) is 47.3 Å². The predicted molar refractivity (Wildman–Crippen MR) is 125 cm³/mol. The van der Waals surface area contributed by atoms with Crippen molar-refractivity contribution in [1.29, 1.82) is 0 Å². The van der Waals surface area contributed by atoms with Crippen molar-refractivity contribution in [1.82, 2.24) is 0 Å². The van der Waals surface area contributed by atoms with Gasteiger partial charge in [-0.1, -0.05) is 31.6 Å². The van der Waals surface area contributed by atoms with Gasteiger partial charge in [0, 0.05) is 17.4 Å². The molecule has 4 nitrogen and oxygen atoms in total. The highest BCUT2D eigenvalue weighted by molar-refractivity contribution is 5.91. The van der Waals surface area contributed by atoms with Gasteiger partial charge in [0.1, 0.15) is 5.82 Å². The molecular weight excluding hydrogens is 431 g/mol. The van der Waals surface area contributed by atoms with E-state index in [2.05, 4.69) is 13.8 Å². The van der Waals surface area contributed by atoms with E-state index in [1.807, 2.05) is 13.0 Å². The zero-order valence-corrected chi connectivity index (χ0v) is 20.7. The van der Waals surface area contributed by atoms with Crippen LogP contribution in [0.4, 0.5) is 4.39 Å². The van der Waals surface area contributed by atoms with Gasteiger partial charge in [0.2, 0.25) is 0 Å². The molecule has 1 aromatic carbocycles. The number of benzene rings is 1. The number of allylic oxidation sites excluding steroid dienone is 1. The van der Waals surface area contributed by atoms with Crippen LogP contribution in [0.25, 0.3) is 0 Å². The summed E-state index contributed by atoms with van der Waals surface area (Å²) in [7, 11) is 0. The number of ketones is 2. The third-order valence-electron chi connectivity index (χ3n) is 10.7. The predicted octanol–water partition coefficient (Wildman–Crippen LogP) is 5.88. The second-order valence-corrected chi connectivity index (χ2v) is 12.1. The molecule has 0 amide bonds. The summed E-state index contributed by atoms with van der Waals surface area (Å²) < 4.78 is 27.0. The van der Waals surface area contributed by atoms with Crippen LogP contribution in [-0.4, -0.2) is 23.3 Å². The Hall–Kier alpha value is -1.85. The van der Waals surface area contributed by atoms with E-state index < -0.39 is 11.4 Å². The van der Waals surface area contributed by atoms with Gasteiger partial charge in [-0.2, -0.15) is 0 Å². The molecule has 6 rings (SSSR count). The molecule has 3 saturated carbocycles. The van der Waals surface area contributed by atoms with Crippen molar-refractivity contribution in [3.8, 4) is 0 Å². The molecule has 5 aliphatic rings. The molecule has 4 fully saturated rings. The summed E-state index contributed by atoms with van der Waals surface area (Å²) in [5, 5.41) is 0. The lowest BCUT2D eigenvalue weighted by atomic mass is 9.46. The topological polar surface area (TPSA) is 52.6 Å². The maximum Gasteiger partial charge on any atom is 0.193 e. The summed E-state index contributed by atoms with van der Waals surface area (Å²) in [5.41, 5.74) is 0.869. The van der Waals surface area contributed by atoms with Crippen LogP contribution in [0.5, 0.6) is 0 Å². The lowest BCUT2D eigenvalue weighted by Crippen LogP contribution is -2.59. The molecule has 1 aromatic rings. The average molecular weight is 467 g/mol. The first kappa shape index (κ1) is 22.6. The van der Waals surface area contributed by atoms with Crippen molar-refractivity contribution < 1.29 is 23.5 Å². The minimum absolute atomic E-state index is 0.0395. The lowest BCUT2D eigenvalue weighted by molar-refractivity contribution is -0.227. The van der Waals surface area contributed by atoms with Crippen LogP contribution in [0.3, 0.4) is 0 Å². The van der Waals surface area contributed by atoms with E-state index >= 15 is 0 Å². The first-order chi connectivity index (χ1) is 16.0. The molecule has 0 spiro atoms. The Kier molecular flexibility index (Phi) is 4.72. The second-order valence-electron chi connectivity index (χ2n) is 12.1. The van der Waals surface area contributed by atoms with Crippen LogP contribution < -0.4 is 0 Å². The Labute approximate surface area is 201 Å². The molecular formula is C29H35FO4. The van der Waals surface area contributed by atoms with Crippen LogP contribution >= 0.6 is 0 Å². The molecule has 1 aliphatic heterocycles. The fourth-order valence-corrected chi connectivity index (χ4v) is 9.04. The smallest absolute Gasteiger partial charge is 0.193 e. The number of fused-ring (bicyclic) bond motifs is 7. The highest BCUT2D eigenvalue weighted by Crippen LogP contribution is 2.71. The quantitative estimate of drug-likeness (QED) is 0.546. The molecule has 182 valence electrons. The third kappa shape index (κ3) is 2.71. The minimum Gasteiger partial charge on any atom is -0.339 e. The molecule has 5 heteroatoms. The van der Waals surface area contributed by atoms with E-state index in [4.69, 9.17) is 9.47 Å². The zero-order valence-electron chi connectivity index (χ0n) is 20.7. The van der Waals surface area contributed by atoms with Crippen LogP contribution in [0.1, 0.15) is 78.2 Å². The standard InChI is InChI=1S/C29H35FO4/c1-17(31)29-25(33-28(4,34-29)18-5-8-20(30)9-6-18)16-24-22-10-7-19-15-21(32)11-13-26(19,2)23(22)12-14-27(24,29)3/h5-6,8-9,15,22-25H,7,10-14,16H2,1-4H3/t22-,23+,24+,25-,26+,27+,28?,29-/m1/s1. The van der Waals surface area contributed by atoms with Crippen molar-refractivity contribution in [2.45, 2.75) is 90.1 Å². The maximum atomic E-state index is 13.6. The monoisotopic (exact) mass is 466 g/mol. The van der Waals surface area contributed by atoms with E-state index in [0.717, 1.165) is 44.1 Å². The number of rotatable bonds is 2. The largest absolute Gasteiger partial charge is 0.339 e. The number of carbonyl (C=O) groups is 2. The van der Waals surface area contributed by atoms with Gasteiger partial charge < -0.3 is 9.47 Å². The first-order valence-electron chi connectivity index (χ1n) is 12.9. The molecule has 0 bridgehead atoms. The fraction of sp³-hybridized carbons (Fsp3) is 0.655. The van der Waals surface area contributed by atoms with Crippen molar-refractivity contribution in [2.75, 3.05) is 0 Å². The number of carbonyl (C=O) groups excluding carboxylic acids is 2. The number of ether oxygens (including phenoxy) is 2. The van der Waals surface area contributed by atoms with Gasteiger partial charge in [0.05, 0.1) is 6.10 Å². The summed E-state index contributed by atoms with van der Waals surface area (Å²) in [6, 6.07) is 6.23. The number of hydrogen-bond acceptors (Lipinski definition) is 4. The SMILES string of the molecule is CC(=O)[C@@]12OC(C)(c3ccc(F)cc3)O[C@@H]1C[C@H]1[C@@H]3CCC4=CC(=O)CC[C@]4(C)[C@H]3CC[C@@]12C. The normalized spacial score (nSPS) is 47.3. The van der Waals surface area contributed by atoms with Gasteiger partial charge in [-0.25, -0.2) is 4.39 Å². The number of Topliss-reactive ketones (excluding diaryl/α,β-unsaturated/α-hetero) is 1. The molecule has 1 heterocycles. The molecule has 4 aliphatic carbocycles. The van der Waals surface area contributed by atoms with Crippen molar-refractivity contribution in [2.24, 2.45) is 28.6 Å². The number of halogens is 1. The molecule has 8 atom stereocenters. The van der Waals surface area contributed by atoms with E-state index in [0.29, 0.717) is 24.2 Å². The average Bonchev–Trinajstić information content (AvgIpc) is 3.23. The molecule has 0 aromatic heterocycles. The second kappa shape index (κ2) is 7.10. The fourth-order valence-electron chi connectivity index (χ4n) is 9.04. The summed E-state index contributed by atoms with van der Waals surface area (Å²) in [6.07, 6.45) is 8.01. The molecule has 1 unspecified atom stereocenters. The van der Waals surface area contributed by atoms with Gasteiger partial charge >= 0.3 is 0 Å². The summed E-state index contributed by atoms with van der Waals surface area (Å²) >= 11 is 0. The first-order valence-corrected chi connectivity index (χ1v) is 12.9. The third-order valence-corrected chi connectivity index (χ3v) is 10.7. The minimum atomic E-state index is -1.08. The van der Waals surface area contributed by atoms with E-state index in [9.17, 15) is 14.0 Å². The summed E-state index contributed by atoms with van der Waals surface area (Å²) in [4.78, 5) is 25.6. The lowest BCUT2D eigenvalue weighted by Gasteiger charge is -2.59. The maximum absolute atomic E-state index is 13.6. The zero-order chi connectivity index (χ0) is 24.1. The molecule has 1 saturated heterocycles. The van der Waals surface area contributed by atoms with Crippen LogP contribution in [0.2, 0.25) is 0 Å².